The van der Waals surface area contributed by atoms with Gasteiger partial charge < -0.3 is 4.74 Å². The number of hydrogen-bond acceptors (Lipinski definition) is 8. The molecular formula is C7H15N3O6S2. The fourth-order valence-electron chi connectivity index (χ4n) is 0.616. The van der Waals surface area contributed by atoms with Gasteiger partial charge in [0.2, 0.25) is 10.0 Å². The van der Waals surface area contributed by atoms with E-state index < -0.39 is 33.1 Å². The Morgan fingerprint density at radius 2 is 2.17 bits per heavy atom. The highest BCUT2D eigenvalue weighted by molar-refractivity contribution is 7.88. The largest absolute Gasteiger partial charge is 0.468 e. The van der Waals surface area contributed by atoms with E-state index in [9.17, 15) is 17.4 Å². The van der Waals surface area contributed by atoms with E-state index in [1.54, 1.807) is 0 Å². The van der Waals surface area contributed by atoms with Gasteiger partial charge >= 0.3 is 5.97 Å². The van der Waals surface area contributed by atoms with Crippen LogP contribution in [0, 0.1) is 0 Å². The number of rotatable bonds is 8. The SMILES string of the molecule is COC(=O)C(C)NOS(=O)C/C=N/NS(C)(=O)=O. The topological polar surface area (TPSA) is 123 Å². The van der Waals surface area contributed by atoms with Crippen LogP contribution < -0.4 is 10.3 Å². The summed E-state index contributed by atoms with van der Waals surface area (Å²) in [6.45, 7) is 1.46. The Balaban J connectivity index is 3.89. The number of esters is 1. The van der Waals surface area contributed by atoms with Crippen molar-refractivity contribution in [1.29, 1.82) is 0 Å². The van der Waals surface area contributed by atoms with E-state index in [1.165, 1.54) is 14.0 Å². The Labute approximate surface area is 108 Å². The number of hydrogen-bond donors (Lipinski definition) is 2. The van der Waals surface area contributed by atoms with Gasteiger partial charge in [0.15, 0.2) is 11.1 Å². The Kier molecular flexibility index (Phi) is 7.66. The molecule has 0 aromatic rings. The number of hydrazone groups is 1. The summed E-state index contributed by atoms with van der Waals surface area (Å²) < 4.78 is 41.4. The number of hydroxylamine groups is 1. The maximum atomic E-state index is 11.2. The van der Waals surface area contributed by atoms with Crippen molar-refractivity contribution in [3.05, 3.63) is 0 Å². The first-order valence-corrected chi connectivity index (χ1v) is 7.77. The zero-order valence-electron chi connectivity index (χ0n) is 10.1. The van der Waals surface area contributed by atoms with Crippen LogP contribution in [0.5, 0.6) is 0 Å². The van der Waals surface area contributed by atoms with E-state index >= 15 is 0 Å². The van der Waals surface area contributed by atoms with Crippen LogP contribution in [0.4, 0.5) is 0 Å². The number of nitrogens with zero attached hydrogens (tertiary/aromatic N) is 1. The summed E-state index contributed by atoms with van der Waals surface area (Å²) in [5, 5.41) is 3.31. The predicted molar refractivity (Wildman–Crippen MR) is 65.2 cm³/mol. The zero-order valence-corrected chi connectivity index (χ0v) is 11.7. The van der Waals surface area contributed by atoms with E-state index in [2.05, 4.69) is 19.6 Å². The minimum absolute atomic E-state index is 0.149. The molecule has 106 valence electrons. The van der Waals surface area contributed by atoms with Crippen LogP contribution in [-0.2, 0) is 34.9 Å². The molecule has 11 heteroatoms. The third kappa shape index (κ3) is 9.04. The quantitative estimate of drug-likeness (QED) is 0.310. The van der Waals surface area contributed by atoms with Gasteiger partial charge in [0, 0.05) is 6.21 Å². The van der Waals surface area contributed by atoms with Gasteiger partial charge in [-0.1, -0.05) is 0 Å². The Morgan fingerprint density at radius 3 is 2.67 bits per heavy atom. The molecule has 0 aromatic heterocycles. The van der Waals surface area contributed by atoms with Gasteiger partial charge in [-0.3, -0.25) is 4.79 Å². The molecule has 0 aliphatic heterocycles. The number of nitrogens with one attached hydrogen (secondary N) is 2. The smallest absolute Gasteiger partial charge is 0.324 e. The lowest BCUT2D eigenvalue weighted by atomic mass is 10.4. The number of carbonyl (C=O) groups excluding carboxylic acids is 1. The highest BCUT2D eigenvalue weighted by atomic mass is 32.2. The normalized spacial score (nSPS) is 15.3. The van der Waals surface area contributed by atoms with Crippen LogP contribution in [0.3, 0.4) is 0 Å². The average molecular weight is 301 g/mol. The highest BCUT2D eigenvalue weighted by Gasteiger charge is 2.13. The van der Waals surface area contributed by atoms with Crippen molar-refractivity contribution in [3.8, 4) is 0 Å². The molecule has 0 amide bonds. The molecule has 2 atom stereocenters. The van der Waals surface area contributed by atoms with Crippen molar-refractivity contribution in [2.75, 3.05) is 19.1 Å². The number of sulfonamides is 1. The van der Waals surface area contributed by atoms with Gasteiger partial charge in [0.1, 0.15) is 6.04 Å². The monoisotopic (exact) mass is 301 g/mol. The lowest BCUT2D eigenvalue weighted by Crippen LogP contribution is -2.35. The van der Waals surface area contributed by atoms with Crippen molar-refractivity contribution in [2.24, 2.45) is 5.10 Å². The summed E-state index contributed by atoms with van der Waals surface area (Å²) in [5.41, 5.74) is 2.22. The van der Waals surface area contributed by atoms with Gasteiger partial charge in [-0.2, -0.15) is 14.9 Å². The molecule has 0 saturated carbocycles. The number of methoxy groups -OCH3 is 1. The van der Waals surface area contributed by atoms with Crippen LogP contribution in [-0.4, -0.2) is 50.0 Å². The lowest BCUT2D eigenvalue weighted by molar-refractivity contribution is -0.144. The molecule has 0 saturated heterocycles. The first-order valence-electron chi connectivity index (χ1n) is 4.63. The molecule has 2 N–H and O–H groups in total. The fraction of sp³-hybridized carbons (Fsp3) is 0.714. The second kappa shape index (κ2) is 8.13. The molecule has 0 aliphatic rings. The molecule has 0 aromatic carbocycles. The summed E-state index contributed by atoms with van der Waals surface area (Å²) in [4.78, 5) is 12.8. The van der Waals surface area contributed by atoms with Crippen molar-refractivity contribution in [3.63, 3.8) is 0 Å². The van der Waals surface area contributed by atoms with E-state index in [4.69, 9.17) is 0 Å². The van der Waals surface area contributed by atoms with E-state index in [0.717, 1.165) is 12.5 Å². The van der Waals surface area contributed by atoms with Crippen LogP contribution in [0.15, 0.2) is 5.10 Å². The van der Waals surface area contributed by atoms with Gasteiger partial charge in [-0.25, -0.2) is 17.5 Å². The van der Waals surface area contributed by atoms with Crippen molar-refractivity contribution in [2.45, 2.75) is 13.0 Å². The van der Waals surface area contributed by atoms with Crippen molar-refractivity contribution >= 4 is 33.3 Å². The molecule has 2 unspecified atom stereocenters. The molecule has 0 radical (unpaired) electrons. The average Bonchev–Trinajstić information content (AvgIpc) is 2.29. The van der Waals surface area contributed by atoms with Gasteiger partial charge in [-0.15, -0.1) is 0 Å². The third-order valence-electron chi connectivity index (χ3n) is 1.39. The summed E-state index contributed by atoms with van der Waals surface area (Å²) in [7, 11) is -2.22. The molecule has 0 heterocycles. The first-order chi connectivity index (χ1) is 8.26. The van der Waals surface area contributed by atoms with Crippen LogP contribution in [0.25, 0.3) is 0 Å². The molecule has 0 bridgehead atoms. The lowest BCUT2D eigenvalue weighted by Gasteiger charge is -2.09. The van der Waals surface area contributed by atoms with Gasteiger partial charge in [0.25, 0.3) is 0 Å². The van der Waals surface area contributed by atoms with Crippen LogP contribution in [0.2, 0.25) is 0 Å². The highest BCUT2D eigenvalue weighted by Crippen LogP contribution is 1.88. The summed E-state index contributed by atoms with van der Waals surface area (Å²) >= 11 is -1.79. The minimum Gasteiger partial charge on any atom is -0.468 e. The molecule has 0 spiro atoms. The first kappa shape index (κ1) is 17.0. The minimum atomic E-state index is -3.43. The maximum absolute atomic E-state index is 11.2. The molecule has 18 heavy (non-hydrogen) atoms. The van der Waals surface area contributed by atoms with Crippen molar-refractivity contribution < 1.29 is 26.4 Å². The fourth-order valence-corrected chi connectivity index (χ4v) is 1.40. The zero-order chi connectivity index (χ0) is 14.2. The molecule has 0 rings (SSSR count). The Hall–Kier alpha value is -1.04. The van der Waals surface area contributed by atoms with Gasteiger partial charge in [0.05, 0.1) is 19.1 Å². The number of ether oxygens (including phenoxy) is 1. The maximum Gasteiger partial charge on any atom is 0.324 e. The van der Waals surface area contributed by atoms with E-state index in [0.29, 0.717) is 0 Å². The van der Waals surface area contributed by atoms with Gasteiger partial charge in [-0.05, 0) is 6.92 Å². The Bertz CT molecular complexity index is 421. The summed E-state index contributed by atoms with van der Waals surface area (Å²) in [5.74, 6) is -0.719. The summed E-state index contributed by atoms with van der Waals surface area (Å²) in [6.07, 6.45) is 2.00. The van der Waals surface area contributed by atoms with E-state index in [1.807, 2.05) is 4.83 Å². The standard InChI is InChI=1S/C7H15N3O6S2/c1-6(7(11)15-2)9-16-17(12)5-4-8-10-18(3,13)14/h4,6,9-10H,5H2,1-3H3/b8-4+. The Morgan fingerprint density at radius 1 is 1.56 bits per heavy atom. The number of carbonyl (C=O) groups is 1. The molecule has 0 fully saturated rings. The molecule has 0 aliphatic carbocycles. The molecular weight excluding hydrogens is 286 g/mol. The van der Waals surface area contributed by atoms with E-state index in [-0.39, 0.29) is 5.75 Å². The van der Waals surface area contributed by atoms with Crippen LogP contribution >= 0.6 is 0 Å². The second-order valence-corrected chi connectivity index (χ2v) is 5.93. The van der Waals surface area contributed by atoms with Crippen molar-refractivity contribution in [1.82, 2.24) is 10.3 Å². The molecule has 9 nitrogen and oxygen atoms in total. The van der Waals surface area contributed by atoms with Crippen LogP contribution in [0.1, 0.15) is 6.92 Å². The predicted octanol–water partition coefficient (Wildman–Crippen LogP) is -1.73. The summed E-state index contributed by atoms with van der Waals surface area (Å²) in [6, 6.07) is -0.773. The second-order valence-electron chi connectivity index (χ2n) is 3.09. The third-order valence-corrected chi connectivity index (χ3v) is 2.53.